The lowest BCUT2D eigenvalue weighted by atomic mass is 9.94. The fraction of sp³-hybridized carbons (Fsp3) is 0.692. The first-order valence-electron chi connectivity index (χ1n) is 6.52. The molecule has 1 atom stereocenters. The first-order chi connectivity index (χ1) is 8.50. The third-order valence-corrected chi connectivity index (χ3v) is 6.75. The largest absolute Gasteiger partial charge is 0.309 e. The number of aryl methyl sites for hydroxylation is 1. The molecule has 1 aromatic heterocycles. The van der Waals surface area contributed by atoms with Gasteiger partial charge in [-0.1, -0.05) is 0 Å². The minimum absolute atomic E-state index is 0.237. The van der Waals surface area contributed by atoms with Gasteiger partial charge in [0.15, 0.2) is 9.84 Å². The maximum atomic E-state index is 11.7. The monoisotopic (exact) mass is 287 g/mol. The Labute approximate surface area is 114 Å². The third-order valence-electron chi connectivity index (χ3n) is 3.55. The van der Waals surface area contributed by atoms with Crippen molar-refractivity contribution in [1.29, 1.82) is 0 Å². The average molecular weight is 287 g/mol. The highest BCUT2D eigenvalue weighted by Crippen LogP contribution is 2.33. The summed E-state index contributed by atoms with van der Waals surface area (Å²) in [5, 5.41) is 5.26. The van der Waals surface area contributed by atoms with Crippen molar-refractivity contribution >= 4 is 21.2 Å². The normalized spacial score (nSPS) is 20.1. The van der Waals surface area contributed by atoms with E-state index < -0.39 is 9.84 Å². The Balaban J connectivity index is 1.90. The summed E-state index contributed by atoms with van der Waals surface area (Å²) in [6.45, 7) is 4.04. The molecular formula is C13H21NO2S2. The van der Waals surface area contributed by atoms with Gasteiger partial charge in [-0.3, -0.25) is 0 Å². The van der Waals surface area contributed by atoms with Crippen LogP contribution in [0.1, 0.15) is 43.2 Å². The van der Waals surface area contributed by atoms with E-state index >= 15 is 0 Å². The fourth-order valence-electron chi connectivity index (χ4n) is 2.31. The lowest BCUT2D eigenvalue weighted by molar-refractivity contribution is 0.474. The maximum Gasteiger partial charge on any atom is 0.153 e. The molecule has 1 aliphatic rings. The molecule has 0 aliphatic heterocycles. The van der Waals surface area contributed by atoms with Gasteiger partial charge in [-0.25, -0.2) is 8.42 Å². The van der Waals surface area contributed by atoms with Crippen molar-refractivity contribution < 1.29 is 8.42 Å². The summed E-state index contributed by atoms with van der Waals surface area (Å²) < 4.78 is 23.5. The Kier molecular flexibility index (Phi) is 4.45. The van der Waals surface area contributed by atoms with Gasteiger partial charge in [-0.05, 0) is 50.1 Å². The second kappa shape index (κ2) is 5.72. The highest BCUT2D eigenvalue weighted by atomic mass is 32.2. The Bertz CT molecular complexity index is 491. The maximum absolute atomic E-state index is 11.7. The molecule has 0 radical (unpaired) electrons. The van der Waals surface area contributed by atoms with Crippen molar-refractivity contribution in [2.45, 2.75) is 44.4 Å². The van der Waals surface area contributed by atoms with E-state index in [4.69, 9.17) is 0 Å². The molecule has 0 spiro atoms. The molecule has 1 aromatic rings. The number of hydrogen-bond donors (Lipinski definition) is 1. The molecule has 3 nitrogen and oxygen atoms in total. The van der Waals surface area contributed by atoms with E-state index in [2.05, 4.69) is 16.8 Å². The molecule has 18 heavy (non-hydrogen) atoms. The minimum Gasteiger partial charge on any atom is -0.309 e. The highest BCUT2D eigenvalue weighted by Gasteiger charge is 2.22. The van der Waals surface area contributed by atoms with Gasteiger partial charge in [0, 0.05) is 17.5 Å². The molecule has 102 valence electrons. The van der Waals surface area contributed by atoms with Gasteiger partial charge in [0.05, 0.1) is 11.0 Å². The van der Waals surface area contributed by atoms with E-state index in [0.717, 1.165) is 6.42 Å². The van der Waals surface area contributed by atoms with Gasteiger partial charge in [0.2, 0.25) is 0 Å². The summed E-state index contributed by atoms with van der Waals surface area (Å²) in [6.07, 6.45) is 3.49. The molecule has 1 aliphatic carbocycles. The van der Waals surface area contributed by atoms with Crippen LogP contribution in [0.25, 0.3) is 0 Å². The number of hydrogen-bond acceptors (Lipinski definition) is 4. The van der Waals surface area contributed by atoms with Gasteiger partial charge in [0.1, 0.15) is 0 Å². The van der Waals surface area contributed by atoms with Gasteiger partial charge in [-0.2, -0.15) is 0 Å². The topological polar surface area (TPSA) is 46.2 Å². The first-order valence-corrected chi connectivity index (χ1v) is 9.11. The second-order valence-corrected chi connectivity index (χ2v) is 8.79. The Hall–Kier alpha value is -0.390. The van der Waals surface area contributed by atoms with Crippen molar-refractivity contribution in [2.75, 3.05) is 12.3 Å². The summed E-state index contributed by atoms with van der Waals surface area (Å²) in [7, 11) is -2.92. The van der Waals surface area contributed by atoms with Gasteiger partial charge >= 0.3 is 0 Å². The summed E-state index contributed by atoms with van der Waals surface area (Å²) in [4.78, 5) is 1.46. The van der Waals surface area contributed by atoms with E-state index in [1.165, 1.54) is 23.3 Å². The van der Waals surface area contributed by atoms with E-state index in [1.54, 1.807) is 13.8 Å². The van der Waals surface area contributed by atoms with Crippen LogP contribution < -0.4 is 5.32 Å². The second-order valence-electron chi connectivity index (χ2n) is 5.11. The van der Waals surface area contributed by atoms with E-state index in [0.29, 0.717) is 12.6 Å². The SMILES string of the molecule is CC(C)S(=O)(=O)CCNC1CCCc2sccc21. The van der Waals surface area contributed by atoms with Crippen LogP contribution in [0.2, 0.25) is 0 Å². The zero-order valence-corrected chi connectivity index (χ0v) is 12.6. The van der Waals surface area contributed by atoms with E-state index in [1.807, 2.05) is 11.3 Å². The van der Waals surface area contributed by atoms with Crippen molar-refractivity contribution in [1.82, 2.24) is 5.32 Å². The van der Waals surface area contributed by atoms with E-state index in [-0.39, 0.29) is 11.0 Å². The van der Waals surface area contributed by atoms with Crippen molar-refractivity contribution in [3.63, 3.8) is 0 Å². The minimum atomic E-state index is -2.92. The molecule has 0 saturated heterocycles. The number of thiophene rings is 1. The molecule has 0 amide bonds. The number of rotatable bonds is 5. The molecule has 2 rings (SSSR count). The predicted octanol–water partition coefficient (Wildman–Crippen LogP) is 2.54. The predicted molar refractivity (Wildman–Crippen MR) is 76.9 cm³/mol. The van der Waals surface area contributed by atoms with Gasteiger partial charge < -0.3 is 5.32 Å². The summed E-state index contributed by atoms with van der Waals surface area (Å²) in [6, 6.07) is 2.52. The van der Waals surface area contributed by atoms with Crippen molar-refractivity contribution in [3.8, 4) is 0 Å². The average Bonchev–Trinajstić information content (AvgIpc) is 2.77. The zero-order valence-electron chi connectivity index (χ0n) is 11.0. The first kappa shape index (κ1) is 14.0. The van der Waals surface area contributed by atoms with Crippen LogP contribution >= 0.6 is 11.3 Å². The zero-order chi connectivity index (χ0) is 13.2. The van der Waals surface area contributed by atoms with Crippen LogP contribution in [0.5, 0.6) is 0 Å². The smallest absolute Gasteiger partial charge is 0.153 e. The lowest BCUT2D eigenvalue weighted by Crippen LogP contribution is -2.31. The van der Waals surface area contributed by atoms with Crippen LogP contribution in [0.3, 0.4) is 0 Å². The van der Waals surface area contributed by atoms with Gasteiger partial charge in [-0.15, -0.1) is 11.3 Å². The lowest BCUT2D eigenvalue weighted by Gasteiger charge is -2.24. The summed E-state index contributed by atoms with van der Waals surface area (Å²) >= 11 is 1.81. The number of nitrogens with one attached hydrogen (secondary N) is 1. The molecule has 1 heterocycles. The molecule has 0 saturated carbocycles. The Morgan fingerprint density at radius 2 is 2.28 bits per heavy atom. The van der Waals surface area contributed by atoms with Crippen LogP contribution in [-0.4, -0.2) is 26.0 Å². The molecule has 0 aromatic carbocycles. The Morgan fingerprint density at radius 3 is 3.00 bits per heavy atom. The quantitative estimate of drug-likeness (QED) is 0.905. The molecule has 0 bridgehead atoms. The van der Waals surface area contributed by atoms with Crippen molar-refractivity contribution in [3.05, 3.63) is 21.9 Å². The molecule has 0 fully saturated rings. The van der Waals surface area contributed by atoms with E-state index in [9.17, 15) is 8.42 Å². The van der Waals surface area contributed by atoms with Crippen LogP contribution in [0.4, 0.5) is 0 Å². The standard InChI is InChI=1S/C13H21NO2S2/c1-10(2)18(15,16)9-7-14-12-4-3-5-13-11(12)6-8-17-13/h6,8,10,12,14H,3-5,7,9H2,1-2H3. The van der Waals surface area contributed by atoms with Crippen molar-refractivity contribution in [2.24, 2.45) is 0 Å². The highest BCUT2D eigenvalue weighted by molar-refractivity contribution is 7.92. The van der Waals surface area contributed by atoms with Gasteiger partial charge in [0.25, 0.3) is 0 Å². The molecular weight excluding hydrogens is 266 g/mol. The Morgan fingerprint density at radius 1 is 1.50 bits per heavy atom. The van der Waals surface area contributed by atoms with Crippen LogP contribution in [0.15, 0.2) is 11.4 Å². The fourth-order valence-corrected chi connectivity index (χ4v) is 4.17. The summed E-state index contributed by atoms with van der Waals surface area (Å²) in [5.41, 5.74) is 1.38. The number of fused-ring (bicyclic) bond motifs is 1. The third kappa shape index (κ3) is 3.13. The molecule has 1 unspecified atom stereocenters. The summed E-state index contributed by atoms with van der Waals surface area (Å²) in [5.74, 6) is 0.237. The van der Waals surface area contributed by atoms with Crippen LogP contribution in [-0.2, 0) is 16.3 Å². The molecule has 1 N–H and O–H groups in total. The van der Waals surface area contributed by atoms with Crippen LogP contribution in [0, 0.1) is 0 Å². The number of sulfone groups is 1. The molecule has 5 heteroatoms.